The summed E-state index contributed by atoms with van der Waals surface area (Å²) in [5, 5.41) is 9.86. The van der Waals surface area contributed by atoms with E-state index in [0.29, 0.717) is 5.75 Å². The van der Waals surface area contributed by atoms with Gasteiger partial charge in [-0.2, -0.15) is 0 Å². The number of aliphatic hydroxyl groups excluding tert-OH is 1. The summed E-state index contributed by atoms with van der Waals surface area (Å²) in [5.41, 5.74) is 1.80. The summed E-state index contributed by atoms with van der Waals surface area (Å²) >= 11 is 0. The van der Waals surface area contributed by atoms with Gasteiger partial charge in [0.1, 0.15) is 18.5 Å². The predicted molar refractivity (Wildman–Crippen MR) is 86.6 cm³/mol. The number of aryl methyl sites for hydroxylation is 1. The second kappa shape index (κ2) is 7.42. The van der Waals surface area contributed by atoms with Crippen LogP contribution in [0.15, 0.2) is 54.6 Å². The van der Waals surface area contributed by atoms with E-state index in [2.05, 4.69) is 0 Å². The van der Waals surface area contributed by atoms with Crippen LogP contribution in [-0.2, 0) is 15.6 Å². The Kier molecular flexibility index (Phi) is 5.57. The maximum absolute atomic E-state index is 12.1. The van der Waals surface area contributed by atoms with E-state index >= 15 is 0 Å². The molecule has 0 spiro atoms. The fourth-order valence-electron chi connectivity index (χ4n) is 2.05. The van der Waals surface area contributed by atoms with Crippen LogP contribution in [0, 0.1) is 6.92 Å². The van der Waals surface area contributed by atoms with Gasteiger partial charge in [-0.15, -0.1) is 0 Å². The molecular weight excluding hydrogens is 300 g/mol. The van der Waals surface area contributed by atoms with Gasteiger partial charge in [0.25, 0.3) is 0 Å². The normalized spacial score (nSPS) is 12.8. The van der Waals surface area contributed by atoms with Crippen LogP contribution in [0.5, 0.6) is 5.75 Å². The maximum Gasteiger partial charge on any atom is 0.157 e. The summed E-state index contributed by atoms with van der Waals surface area (Å²) in [6, 6.07) is 16.3. The van der Waals surface area contributed by atoms with E-state index < -0.39 is 15.9 Å². The van der Waals surface area contributed by atoms with Crippen LogP contribution in [0.25, 0.3) is 0 Å². The van der Waals surface area contributed by atoms with Gasteiger partial charge in [0.05, 0.1) is 11.5 Å². The van der Waals surface area contributed by atoms with Crippen molar-refractivity contribution in [3.63, 3.8) is 0 Å². The van der Waals surface area contributed by atoms with Gasteiger partial charge in [0.2, 0.25) is 0 Å². The van der Waals surface area contributed by atoms with Crippen LogP contribution in [-0.4, -0.2) is 32.0 Å². The zero-order valence-corrected chi connectivity index (χ0v) is 13.3. The highest BCUT2D eigenvalue weighted by Crippen LogP contribution is 2.11. The predicted octanol–water partition coefficient (Wildman–Crippen LogP) is 2.35. The van der Waals surface area contributed by atoms with Crippen LogP contribution in [0.1, 0.15) is 11.1 Å². The molecule has 2 aromatic carbocycles. The highest BCUT2D eigenvalue weighted by molar-refractivity contribution is 7.90. The summed E-state index contributed by atoms with van der Waals surface area (Å²) in [6.07, 6.45) is -1.05. The molecule has 2 rings (SSSR count). The minimum atomic E-state index is -3.38. The molecule has 0 aliphatic heterocycles. The first-order valence-electron chi connectivity index (χ1n) is 7.06. The number of hydrogen-bond donors (Lipinski definition) is 1. The smallest absolute Gasteiger partial charge is 0.157 e. The Bertz CT molecular complexity index is 678. The molecule has 118 valence electrons. The van der Waals surface area contributed by atoms with Gasteiger partial charge < -0.3 is 9.84 Å². The molecule has 1 N–H and O–H groups in total. The zero-order chi connectivity index (χ0) is 16.0. The average molecular weight is 320 g/mol. The van der Waals surface area contributed by atoms with E-state index in [1.165, 1.54) is 0 Å². The Balaban J connectivity index is 1.86. The average Bonchev–Trinajstić information content (AvgIpc) is 2.48. The Morgan fingerprint density at radius 2 is 1.68 bits per heavy atom. The third kappa shape index (κ3) is 5.50. The lowest BCUT2D eigenvalue weighted by Crippen LogP contribution is -2.27. The SMILES string of the molecule is Cc1ccc(CS(=O)(=O)CC(O)COc2ccccc2)cc1. The Labute approximate surface area is 131 Å². The summed E-state index contributed by atoms with van der Waals surface area (Å²) in [6.45, 7) is 1.90. The molecule has 4 nitrogen and oxygen atoms in total. The van der Waals surface area contributed by atoms with E-state index in [-0.39, 0.29) is 18.1 Å². The van der Waals surface area contributed by atoms with Crippen molar-refractivity contribution in [3.05, 3.63) is 65.7 Å². The second-order valence-corrected chi connectivity index (χ2v) is 7.43. The molecule has 2 aromatic rings. The largest absolute Gasteiger partial charge is 0.491 e. The summed E-state index contributed by atoms with van der Waals surface area (Å²) < 4.78 is 29.5. The molecule has 0 heterocycles. The highest BCUT2D eigenvalue weighted by atomic mass is 32.2. The third-order valence-corrected chi connectivity index (χ3v) is 4.80. The fraction of sp³-hybridized carbons (Fsp3) is 0.294. The van der Waals surface area contributed by atoms with Gasteiger partial charge in [-0.1, -0.05) is 48.0 Å². The number of hydrogen-bond acceptors (Lipinski definition) is 4. The molecule has 0 fully saturated rings. The van der Waals surface area contributed by atoms with Crippen LogP contribution in [0.4, 0.5) is 0 Å². The van der Waals surface area contributed by atoms with Gasteiger partial charge in [0.15, 0.2) is 9.84 Å². The van der Waals surface area contributed by atoms with Crippen molar-refractivity contribution in [1.82, 2.24) is 0 Å². The van der Waals surface area contributed by atoms with E-state index in [9.17, 15) is 13.5 Å². The molecule has 22 heavy (non-hydrogen) atoms. The van der Waals surface area contributed by atoms with Crippen molar-refractivity contribution < 1.29 is 18.3 Å². The molecule has 5 heteroatoms. The molecule has 0 saturated carbocycles. The minimum absolute atomic E-state index is 0.0445. The molecule has 0 radical (unpaired) electrons. The number of rotatable bonds is 7. The van der Waals surface area contributed by atoms with Crippen LogP contribution in [0.3, 0.4) is 0 Å². The molecular formula is C17H20O4S. The lowest BCUT2D eigenvalue weighted by Gasteiger charge is -2.13. The van der Waals surface area contributed by atoms with E-state index in [1.807, 2.05) is 37.3 Å². The molecule has 0 aliphatic carbocycles. The number of ether oxygens (including phenoxy) is 1. The van der Waals surface area contributed by atoms with Gasteiger partial charge in [0, 0.05) is 0 Å². The summed E-state index contributed by atoms with van der Waals surface area (Å²) in [5.74, 6) is 0.223. The Hall–Kier alpha value is -1.85. The van der Waals surface area contributed by atoms with Crippen molar-refractivity contribution in [3.8, 4) is 5.75 Å². The first-order chi connectivity index (χ1) is 10.4. The summed E-state index contributed by atoms with van der Waals surface area (Å²) in [4.78, 5) is 0. The van der Waals surface area contributed by atoms with Crippen LogP contribution >= 0.6 is 0 Å². The monoisotopic (exact) mass is 320 g/mol. The number of aliphatic hydroxyl groups is 1. The van der Waals surface area contributed by atoms with Crippen molar-refractivity contribution in [2.24, 2.45) is 0 Å². The Morgan fingerprint density at radius 3 is 2.32 bits per heavy atom. The number of benzene rings is 2. The fourth-order valence-corrected chi connectivity index (χ4v) is 3.55. The van der Waals surface area contributed by atoms with Crippen molar-refractivity contribution in [1.29, 1.82) is 0 Å². The first kappa shape index (κ1) is 16.5. The van der Waals surface area contributed by atoms with Gasteiger partial charge in [-0.3, -0.25) is 0 Å². The van der Waals surface area contributed by atoms with Gasteiger partial charge >= 0.3 is 0 Å². The second-order valence-electron chi connectivity index (χ2n) is 5.32. The third-order valence-electron chi connectivity index (χ3n) is 3.14. The molecule has 0 saturated heterocycles. The highest BCUT2D eigenvalue weighted by Gasteiger charge is 2.18. The van der Waals surface area contributed by atoms with Crippen LogP contribution in [0.2, 0.25) is 0 Å². The lowest BCUT2D eigenvalue weighted by molar-refractivity contribution is 0.125. The van der Waals surface area contributed by atoms with Crippen molar-refractivity contribution >= 4 is 9.84 Å². The van der Waals surface area contributed by atoms with Gasteiger partial charge in [-0.05, 0) is 24.6 Å². The topological polar surface area (TPSA) is 63.6 Å². The van der Waals surface area contributed by atoms with Crippen LogP contribution < -0.4 is 4.74 Å². The van der Waals surface area contributed by atoms with E-state index in [4.69, 9.17) is 4.74 Å². The Morgan fingerprint density at radius 1 is 1.05 bits per heavy atom. The number of para-hydroxylation sites is 1. The van der Waals surface area contributed by atoms with E-state index in [1.54, 1.807) is 24.3 Å². The zero-order valence-electron chi connectivity index (χ0n) is 12.5. The first-order valence-corrected chi connectivity index (χ1v) is 8.89. The molecule has 0 amide bonds. The molecule has 1 unspecified atom stereocenters. The molecule has 1 atom stereocenters. The summed E-state index contributed by atoms with van der Waals surface area (Å²) in [7, 11) is -3.38. The molecule has 0 aliphatic rings. The van der Waals surface area contributed by atoms with Crippen molar-refractivity contribution in [2.45, 2.75) is 18.8 Å². The quantitative estimate of drug-likeness (QED) is 0.850. The molecule has 0 bridgehead atoms. The van der Waals surface area contributed by atoms with Crippen molar-refractivity contribution in [2.75, 3.05) is 12.4 Å². The number of sulfone groups is 1. The van der Waals surface area contributed by atoms with Gasteiger partial charge in [-0.25, -0.2) is 8.42 Å². The van der Waals surface area contributed by atoms with E-state index in [0.717, 1.165) is 11.1 Å². The standard InChI is InChI=1S/C17H20O4S/c1-14-7-9-15(10-8-14)12-22(19,20)13-16(18)11-21-17-5-3-2-4-6-17/h2-10,16,18H,11-13H2,1H3. The molecule has 0 aromatic heterocycles. The lowest BCUT2D eigenvalue weighted by atomic mass is 10.2. The maximum atomic E-state index is 12.1. The minimum Gasteiger partial charge on any atom is -0.491 e.